The van der Waals surface area contributed by atoms with Crippen molar-refractivity contribution in [3.8, 4) is 45.3 Å². The minimum atomic E-state index is -0.861. The largest absolute Gasteiger partial charge is 0.456 e. The molecule has 5 nitrogen and oxygen atoms in total. The summed E-state index contributed by atoms with van der Waals surface area (Å²) in [4.78, 5) is 15.5. The van der Waals surface area contributed by atoms with E-state index in [0.29, 0.717) is 17.5 Å². The Labute approximate surface area is 327 Å². The molecule has 12 rings (SSSR count). The second-order valence-corrected chi connectivity index (χ2v) is 14.6. The van der Waals surface area contributed by atoms with Gasteiger partial charge in [-0.25, -0.2) is 15.0 Å². The molecular formula is C52H31N3O2. The standard InChI is InChI=1S/C52H31N3O2/c1-3-16-32(17-4-1)49-53-50(33-18-5-2-6-19-33)55-51(54-49)39-25-15-27-41-46(39)38-22-7-10-26-40(38)52(41,42-28-13-23-36-34-20-8-11-30-44(34)56-47(36)42)43-29-14-24-37-35-21-9-12-31-45(35)57-48(37)43/h1-31H. The zero-order valence-electron chi connectivity index (χ0n) is 30.6. The van der Waals surface area contributed by atoms with E-state index in [4.69, 9.17) is 23.8 Å². The van der Waals surface area contributed by atoms with Gasteiger partial charge in [0.05, 0.1) is 5.41 Å². The number of hydrogen-bond donors (Lipinski definition) is 0. The molecule has 0 bridgehead atoms. The molecule has 0 spiro atoms. The van der Waals surface area contributed by atoms with Crippen molar-refractivity contribution in [1.29, 1.82) is 0 Å². The molecule has 266 valence electrons. The van der Waals surface area contributed by atoms with E-state index in [0.717, 1.165) is 93.9 Å². The van der Waals surface area contributed by atoms with Gasteiger partial charge in [-0.3, -0.25) is 0 Å². The number of hydrogen-bond acceptors (Lipinski definition) is 5. The molecule has 0 radical (unpaired) electrons. The zero-order valence-corrected chi connectivity index (χ0v) is 30.6. The fourth-order valence-corrected chi connectivity index (χ4v) is 9.25. The summed E-state index contributed by atoms with van der Waals surface area (Å²) in [6.45, 7) is 0. The summed E-state index contributed by atoms with van der Waals surface area (Å²) in [5.74, 6) is 1.84. The first-order valence-corrected chi connectivity index (χ1v) is 19.2. The van der Waals surface area contributed by atoms with Crippen molar-refractivity contribution in [2.45, 2.75) is 5.41 Å². The third-order valence-corrected chi connectivity index (χ3v) is 11.6. The summed E-state index contributed by atoms with van der Waals surface area (Å²) >= 11 is 0. The molecule has 0 saturated heterocycles. The molecule has 3 aromatic heterocycles. The van der Waals surface area contributed by atoms with Crippen molar-refractivity contribution < 1.29 is 8.83 Å². The van der Waals surface area contributed by atoms with Gasteiger partial charge in [-0.05, 0) is 34.4 Å². The second-order valence-electron chi connectivity index (χ2n) is 14.6. The van der Waals surface area contributed by atoms with Crippen LogP contribution < -0.4 is 0 Å². The highest BCUT2D eigenvalue weighted by atomic mass is 16.3. The van der Waals surface area contributed by atoms with E-state index in [9.17, 15) is 0 Å². The van der Waals surface area contributed by atoms with Crippen LogP contribution in [-0.2, 0) is 5.41 Å². The van der Waals surface area contributed by atoms with E-state index in [-0.39, 0.29) is 0 Å². The molecule has 0 fully saturated rings. The summed E-state index contributed by atoms with van der Waals surface area (Å²) in [6.07, 6.45) is 0. The molecule has 3 heterocycles. The van der Waals surface area contributed by atoms with E-state index in [2.05, 4.69) is 115 Å². The van der Waals surface area contributed by atoms with Gasteiger partial charge in [-0.1, -0.05) is 176 Å². The maximum Gasteiger partial charge on any atom is 0.164 e. The van der Waals surface area contributed by atoms with Crippen LogP contribution in [0.1, 0.15) is 22.3 Å². The summed E-state index contributed by atoms with van der Waals surface area (Å²) in [6, 6.07) is 65.3. The molecule has 5 heteroatoms. The highest BCUT2D eigenvalue weighted by Gasteiger charge is 2.50. The molecule has 0 saturated carbocycles. The third kappa shape index (κ3) is 4.54. The van der Waals surface area contributed by atoms with Gasteiger partial charge in [0, 0.05) is 49.4 Å². The van der Waals surface area contributed by atoms with Crippen molar-refractivity contribution >= 4 is 43.9 Å². The Morgan fingerprint density at radius 1 is 0.316 bits per heavy atom. The fraction of sp³-hybridized carbons (Fsp3) is 0.0192. The van der Waals surface area contributed by atoms with Crippen LogP contribution in [0, 0.1) is 0 Å². The lowest BCUT2D eigenvalue weighted by Gasteiger charge is -2.33. The first-order chi connectivity index (χ1) is 28.3. The Morgan fingerprint density at radius 2 is 0.737 bits per heavy atom. The van der Waals surface area contributed by atoms with Crippen molar-refractivity contribution in [2.24, 2.45) is 0 Å². The lowest BCUT2D eigenvalue weighted by Crippen LogP contribution is -2.29. The van der Waals surface area contributed by atoms with Crippen LogP contribution in [0.3, 0.4) is 0 Å². The first kappa shape index (κ1) is 31.7. The molecule has 1 aliphatic rings. The first-order valence-electron chi connectivity index (χ1n) is 19.2. The zero-order chi connectivity index (χ0) is 37.5. The summed E-state index contributed by atoms with van der Waals surface area (Å²) in [7, 11) is 0. The van der Waals surface area contributed by atoms with E-state index in [1.165, 1.54) is 0 Å². The van der Waals surface area contributed by atoms with Gasteiger partial charge in [0.1, 0.15) is 22.3 Å². The number of aromatic nitrogens is 3. The average molecular weight is 730 g/mol. The smallest absolute Gasteiger partial charge is 0.164 e. The Balaban J connectivity index is 1.23. The van der Waals surface area contributed by atoms with E-state index >= 15 is 0 Å². The monoisotopic (exact) mass is 729 g/mol. The Bertz CT molecular complexity index is 3190. The van der Waals surface area contributed by atoms with Crippen molar-refractivity contribution in [2.75, 3.05) is 0 Å². The van der Waals surface area contributed by atoms with Crippen molar-refractivity contribution in [1.82, 2.24) is 15.0 Å². The van der Waals surface area contributed by atoms with E-state index in [1.54, 1.807) is 0 Å². The van der Waals surface area contributed by atoms with Crippen LogP contribution in [0.25, 0.3) is 89.2 Å². The normalized spacial score (nSPS) is 13.1. The maximum atomic E-state index is 6.92. The van der Waals surface area contributed by atoms with Gasteiger partial charge >= 0.3 is 0 Å². The summed E-state index contributed by atoms with van der Waals surface area (Å²) < 4.78 is 13.8. The number of nitrogens with zero attached hydrogens (tertiary/aromatic N) is 3. The van der Waals surface area contributed by atoms with Gasteiger partial charge in [-0.15, -0.1) is 0 Å². The van der Waals surface area contributed by atoms with Crippen LogP contribution >= 0.6 is 0 Å². The summed E-state index contributed by atoms with van der Waals surface area (Å²) in [5.41, 5.74) is 11.8. The Kier molecular flexibility index (Phi) is 6.78. The third-order valence-electron chi connectivity index (χ3n) is 11.6. The molecule has 1 aliphatic carbocycles. The molecule has 0 unspecified atom stereocenters. The number of fused-ring (bicyclic) bond motifs is 9. The fourth-order valence-electron chi connectivity index (χ4n) is 9.25. The van der Waals surface area contributed by atoms with E-state index in [1.807, 2.05) is 72.8 Å². The quantitative estimate of drug-likeness (QED) is 0.176. The average Bonchev–Trinajstić information content (AvgIpc) is 3.96. The molecule has 0 atom stereocenters. The van der Waals surface area contributed by atoms with Crippen LogP contribution in [0.2, 0.25) is 0 Å². The summed E-state index contributed by atoms with van der Waals surface area (Å²) in [5, 5.41) is 4.30. The predicted octanol–water partition coefficient (Wildman–Crippen LogP) is 13.0. The lowest BCUT2D eigenvalue weighted by molar-refractivity contribution is 0.634. The van der Waals surface area contributed by atoms with Crippen molar-refractivity contribution in [3.05, 3.63) is 210 Å². The van der Waals surface area contributed by atoms with Crippen LogP contribution in [0.5, 0.6) is 0 Å². The van der Waals surface area contributed by atoms with Gasteiger partial charge in [0.25, 0.3) is 0 Å². The minimum Gasteiger partial charge on any atom is -0.456 e. The molecule has 8 aromatic carbocycles. The van der Waals surface area contributed by atoms with Crippen molar-refractivity contribution in [3.63, 3.8) is 0 Å². The van der Waals surface area contributed by atoms with E-state index < -0.39 is 5.41 Å². The van der Waals surface area contributed by atoms with Crippen LogP contribution in [0.15, 0.2) is 197 Å². The molecule has 0 N–H and O–H groups in total. The number of para-hydroxylation sites is 4. The molecule has 0 aliphatic heterocycles. The minimum absolute atomic E-state index is 0.606. The SMILES string of the molecule is c1ccc(-c2nc(-c3ccccc3)nc(-c3cccc4c3-c3ccccc3C4(c3cccc4c3oc3ccccc34)c3cccc4c3oc3ccccc34)n2)cc1. The highest BCUT2D eigenvalue weighted by Crippen LogP contribution is 2.60. The maximum absolute atomic E-state index is 6.92. The number of benzene rings is 8. The van der Waals surface area contributed by atoms with Gasteiger partial charge in [-0.2, -0.15) is 0 Å². The lowest BCUT2D eigenvalue weighted by atomic mass is 9.67. The highest BCUT2D eigenvalue weighted by molar-refractivity contribution is 6.10. The number of rotatable bonds is 5. The van der Waals surface area contributed by atoms with Gasteiger partial charge in [0.2, 0.25) is 0 Å². The Morgan fingerprint density at radius 3 is 1.33 bits per heavy atom. The number of furan rings is 2. The molecule has 57 heavy (non-hydrogen) atoms. The van der Waals surface area contributed by atoms with Gasteiger partial charge in [0.15, 0.2) is 17.5 Å². The van der Waals surface area contributed by atoms with Gasteiger partial charge < -0.3 is 8.83 Å². The predicted molar refractivity (Wildman–Crippen MR) is 228 cm³/mol. The van der Waals surface area contributed by atoms with Crippen LogP contribution in [0.4, 0.5) is 0 Å². The molecule has 0 amide bonds. The Hall–Kier alpha value is -7.63. The topological polar surface area (TPSA) is 65.0 Å². The van der Waals surface area contributed by atoms with Crippen LogP contribution in [-0.4, -0.2) is 15.0 Å². The molecular weight excluding hydrogens is 699 g/mol. The molecule has 11 aromatic rings. The second kappa shape index (κ2) is 12.2.